The van der Waals surface area contributed by atoms with Crippen LogP contribution in [0.3, 0.4) is 0 Å². The minimum absolute atomic E-state index is 0.0796. The predicted molar refractivity (Wildman–Crippen MR) is 76.4 cm³/mol. The zero-order valence-electron chi connectivity index (χ0n) is 12.2. The van der Waals surface area contributed by atoms with Crippen molar-refractivity contribution >= 4 is 5.97 Å². The van der Waals surface area contributed by atoms with Crippen LogP contribution in [0.5, 0.6) is 0 Å². The van der Waals surface area contributed by atoms with Crippen LogP contribution in [0.4, 0.5) is 0 Å². The van der Waals surface area contributed by atoms with Crippen molar-refractivity contribution in [1.29, 1.82) is 0 Å². The third kappa shape index (κ3) is 3.93. The largest absolute Gasteiger partial charge is 0.481 e. The van der Waals surface area contributed by atoms with Gasteiger partial charge in [-0.1, -0.05) is 19.3 Å². The number of hydrogen-bond donors (Lipinski definition) is 1. The second kappa shape index (κ2) is 6.71. The summed E-state index contributed by atoms with van der Waals surface area (Å²) in [5.41, 5.74) is -0.0796. The molecular weight excluding hydrogens is 240 g/mol. The highest BCUT2D eigenvalue weighted by Gasteiger charge is 2.37. The third-order valence-corrected chi connectivity index (χ3v) is 5.02. The van der Waals surface area contributed by atoms with Gasteiger partial charge in [0, 0.05) is 18.6 Å². The van der Waals surface area contributed by atoms with Crippen LogP contribution in [0.25, 0.3) is 0 Å². The van der Waals surface area contributed by atoms with Crippen LogP contribution in [0.2, 0.25) is 0 Å². The molecule has 1 aliphatic carbocycles. The quantitative estimate of drug-likeness (QED) is 0.802. The first-order chi connectivity index (χ1) is 9.12. The molecule has 1 aliphatic heterocycles. The van der Waals surface area contributed by atoms with Crippen molar-refractivity contribution in [2.75, 3.05) is 33.2 Å². The van der Waals surface area contributed by atoms with Crippen LogP contribution in [-0.4, -0.2) is 59.6 Å². The Labute approximate surface area is 116 Å². The van der Waals surface area contributed by atoms with Crippen LogP contribution < -0.4 is 0 Å². The summed E-state index contributed by atoms with van der Waals surface area (Å²) in [4.78, 5) is 16.1. The van der Waals surface area contributed by atoms with E-state index >= 15 is 0 Å². The van der Waals surface area contributed by atoms with Crippen molar-refractivity contribution in [1.82, 2.24) is 9.80 Å². The molecule has 2 fully saturated rings. The Balaban J connectivity index is 1.90. The first-order valence-electron chi connectivity index (χ1n) is 7.78. The molecule has 4 nitrogen and oxygen atoms in total. The van der Waals surface area contributed by atoms with E-state index in [0.29, 0.717) is 6.42 Å². The lowest BCUT2D eigenvalue weighted by Gasteiger charge is -2.44. The average molecular weight is 268 g/mol. The van der Waals surface area contributed by atoms with E-state index in [2.05, 4.69) is 16.8 Å². The smallest absolute Gasteiger partial charge is 0.305 e. The lowest BCUT2D eigenvalue weighted by molar-refractivity contribution is -0.141. The van der Waals surface area contributed by atoms with Crippen molar-refractivity contribution in [3.63, 3.8) is 0 Å². The lowest BCUT2D eigenvalue weighted by atomic mass is 9.78. The molecule has 2 rings (SSSR count). The molecule has 1 saturated carbocycles. The Morgan fingerprint density at radius 1 is 1.16 bits per heavy atom. The van der Waals surface area contributed by atoms with E-state index in [1.807, 2.05) is 0 Å². The third-order valence-electron chi connectivity index (χ3n) is 5.02. The molecule has 1 N–H and O–H groups in total. The first-order valence-corrected chi connectivity index (χ1v) is 7.78. The Hall–Kier alpha value is -0.610. The number of carbonyl (C=O) groups is 1. The molecule has 0 aromatic carbocycles. The number of hydrogen-bond acceptors (Lipinski definition) is 3. The molecule has 0 atom stereocenters. The molecule has 110 valence electrons. The molecule has 0 radical (unpaired) electrons. The van der Waals surface area contributed by atoms with Crippen molar-refractivity contribution in [3.8, 4) is 0 Å². The lowest BCUT2D eigenvalue weighted by Crippen LogP contribution is -2.51. The molecule has 0 aromatic rings. The van der Waals surface area contributed by atoms with Crippen molar-refractivity contribution in [2.45, 2.75) is 56.9 Å². The summed E-state index contributed by atoms with van der Waals surface area (Å²) in [6, 6.07) is 0. The number of rotatable bonds is 6. The number of nitrogens with zero attached hydrogens (tertiary/aromatic N) is 2. The topological polar surface area (TPSA) is 43.8 Å². The number of aliphatic carboxylic acids is 1. The van der Waals surface area contributed by atoms with Gasteiger partial charge in [0.25, 0.3) is 0 Å². The van der Waals surface area contributed by atoms with Crippen LogP contribution >= 0.6 is 0 Å². The minimum Gasteiger partial charge on any atom is -0.481 e. The van der Waals surface area contributed by atoms with Crippen molar-refractivity contribution in [3.05, 3.63) is 0 Å². The average Bonchev–Trinajstić information content (AvgIpc) is 2.89. The maximum Gasteiger partial charge on any atom is 0.305 e. The summed E-state index contributed by atoms with van der Waals surface area (Å²) in [7, 11) is 2.13. The minimum atomic E-state index is -0.644. The van der Waals surface area contributed by atoms with Crippen molar-refractivity contribution in [2.24, 2.45) is 0 Å². The van der Waals surface area contributed by atoms with Gasteiger partial charge >= 0.3 is 5.97 Å². The predicted octanol–water partition coefficient (Wildman–Crippen LogP) is 2.19. The summed E-state index contributed by atoms with van der Waals surface area (Å²) >= 11 is 0. The van der Waals surface area contributed by atoms with Gasteiger partial charge in [0.05, 0.1) is 6.42 Å². The van der Waals surface area contributed by atoms with Crippen LogP contribution in [-0.2, 0) is 4.79 Å². The Morgan fingerprint density at radius 2 is 1.79 bits per heavy atom. The fraction of sp³-hybridized carbons (Fsp3) is 0.933. The summed E-state index contributed by atoms with van der Waals surface area (Å²) in [5.74, 6) is -0.644. The van der Waals surface area contributed by atoms with Gasteiger partial charge in [-0.05, 0) is 45.8 Å². The van der Waals surface area contributed by atoms with E-state index in [1.54, 1.807) is 0 Å². The molecule has 0 unspecified atom stereocenters. The monoisotopic (exact) mass is 268 g/mol. The fourth-order valence-electron chi connectivity index (χ4n) is 3.72. The van der Waals surface area contributed by atoms with Crippen molar-refractivity contribution < 1.29 is 9.90 Å². The number of likely N-dealkylation sites (N-methyl/N-ethyl adjacent to an activating group) is 1. The second-order valence-corrected chi connectivity index (χ2v) is 6.33. The van der Waals surface area contributed by atoms with E-state index < -0.39 is 5.97 Å². The highest BCUT2D eigenvalue weighted by molar-refractivity contribution is 5.68. The van der Waals surface area contributed by atoms with Gasteiger partial charge in [0.15, 0.2) is 0 Å². The number of carboxylic acid groups (broad SMARTS) is 1. The zero-order valence-corrected chi connectivity index (χ0v) is 12.2. The van der Waals surface area contributed by atoms with E-state index in [1.165, 1.54) is 45.2 Å². The molecule has 19 heavy (non-hydrogen) atoms. The van der Waals surface area contributed by atoms with Gasteiger partial charge in [0.2, 0.25) is 0 Å². The molecule has 2 aliphatic rings. The number of likely N-dealkylation sites (tertiary alicyclic amines) is 1. The van der Waals surface area contributed by atoms with Gasteiger partial charge in [0.1, 0.15) is 0 Å². The maximum absolute atomic E-state index is 11.2. The molecule has 0 amide bonds. The summed E-state index contributed by atoms with van der Waals surface area (Å²) < 4.78 is 0. The first kappa shape index (κ1) is 14.8. The van der Waals surface area contributed by atoms with Gasteiger partial charge in [-0.25, -0.2) is 0 Å². The van der Waals surface area contributed by atoms with Gasteiger partial charge in [-0.15, -0.1) is 0 Å². The molecule has 1 heterocycles. The summed E-state index contributed by atoms with van der Waals surface area (Å²) in [6.07, 6.45) is 8.69. The molecule has 0 aromatic heterocycles. The van der Waals surface area contributed by atoms with Gasteiger partial charge in [-0.3, -0.25) is 9.69 Å². The molecular formula is C15H28N2O2. The van der Waals surface area contributed by atoms with E-state index in [0.717, 1.165) is 25.9 Å². The van der Waals surface area contributed by atoms with E-state index in [9.17, 15) is 9.90 Å². The van der Waals surface area contributed by atoms with Crippen LogP contribution in [0.15, 0.2) is 0 Å². The molecule has 0 bridgehead atoms. The SMILES string of the molecule is CN(CCN1CCCC1)C1(CC(=O)O)CCCCC1. The maximum atomic E-state index is 11.2. The molecule has 4 heteroatoms. The Bertz CT molecular complexity index is 295. The van der Waals surface area contributed by atoms with Gasteiger partial charge < -0.3 is 10.0 Å². The van der Waals surface area contributed by atoms with Crippen LogP contribution in [0.1, 0.15) is 51.4 Å². The fourth-order valence-corrected chi connectivity index (χ4v) is 3.72. The van der Waals surface area contributed by atoms with E-state index in [4.69, 9.17) is 0 Å². The molecule has 0 spiro atoms. The summed E-state index contributed by atoms with van der Waals surface area (Å²) in [5, 5.41) is 9.22. The summed E-state index contributed by atoms with van der Waals surface area (Å²) in [6.45, 7) is 4.55. The molecule has 1 saturated heterocycles. The van der Waals surface area contributed by atoms with Crippen LogP contribution in [0, 0.1) is 0 Å². The van der Waals surface area contributed by atoms with Gasteiger partial charge in [-0.2, -0.15) is 0 Å². The zero-order chi connectivity index (χ0) is 13.7. The highest BCUT2D eigenvalue weighted by Crippen LogP contribution is 2.35. The number of carboxylic acids is 1. The standard InChI is InChI=1S/C15H28N2O2/c1-16(11-12-17-9-5-6-10-17)15(13-14(18)19)7-3-2-4-8-15/h2-13H2,1H3,(H,18,19). The Kier molecular flexibility index (Phi) is 5.22. The Morgan fingerprint density at radius 3 is 2.37 bits per heavy atom. The normalized spacial score (nSPS) is 23.9. The van der Waals surface area contributed by atoms with E-state index in [-0.39, 0.29) is 5.54 Å². The second-order valence-electron chi connectivity index (χ2n) is 6.33. The highest BCUT2D eigenvalue weighted by atomic mass is 16.4.